The lowest BCUT2D eigenvalue weighted by molar-refractivity contribution is 0.159. The molecule has 32 heavy (non-hydrogen) atoms. The van der Waals surface area contributed by atoms with Gasteiger partial charge in [-0.2, -0.15) is 0 Å². The minimum absolute atomic E-state index is 0.0753. The number of cyclic esters (lactones) is 1. The Balaban J connectivity index is 1.39. The summed E-state index contributed by atoms with van der Waals surface area (Å²) >= 11 is 0. The van der Waals surface area contributed by atoms with Crippen LogP contribution in [0.2, 0.25) is 0 Å². The number of hydrogen-bond donors (Lipinski definition) is 0. The van der Waals surface area contributed by atoms with Crippen molar-refractivity contribution in [1.82, 2.24) is 9.88 Å². The quantitative estimate of drug-likeness (QED) is 0.460. The number of carbonyl (C=O) groups excluding carboxylic acids is 1. The normalized spacial score (nSPS) is 15.2. The van der Waals surface area contributed by atoms with Crippen LogP contribution in [0.3, 0.4) is 0 Å². The van der Waals surface area contributed by atoms with Crippen LogP contribution in [-0.4, -0.2) is 42.2 Å². The van der Waals surface area contributed by atoms with Gasteiger partial charge in [0, 0.05) is 25.5 Å². The molecular weight excluding hydrogens is 404 g/mol. The van der Waals surface area contributed by atoms with Crippen molar-refractivity contribution in [2.24, 2.45) is 0 Å². The molecule has 162 valence electrons. The third-order valence-electron chi connectivity index (χ3n) is 5.47. The molecule has 0 radical (unpaired) electrons. The molecule has 0 aliphatic carbocycles. The van der Waals surface area contributed by atoms with Crippen molar-refractivity contribution in [3.05, 3.63) is 83.8 Å². The van der Waals surface area contributed by atoms with Gasteiger partial charge >= 0.3 is 6.09 Å². The first-order chi connectivity index (χ1) is 15.6. The second-order valence-electron chi connectivity index (χ2n) is 7.48. The third kappa shape index (κ3) is 4.49. The third-order valence-corrected chi connectivity index (χ3v) is 5.47. The van der Waals surface area contributed by atoms with Crippen molar-refractivity contribution < 1.29 is 14.3 Å². The molecule has 0 saturated carbocycles. The fraction of sp³-hybridized carbons (Fsp3) is 0.240. The molecule has 2 heterocycles. The summed E-state index contributed by atoms with van der Waals surface area (Å²) in [4.78, 5) is 23.2. The first-order valence-corrected chi connectivity index (χ1v) is 10.5. The number of hydrogen-bond acceptors (Lipinski definition) is 5. The lowest BCUT2D eigenvalue weighted by Crippen LogP contribution is -2.34. The van der Waals surface area contributed by atoms with E-state index in [9.17, 15) is 4.79 Å². The molecule has 1 atom stereocenters. The Hall–Kier alpha value is -4.05. The second-order valence-corrected chi connectivity index (χ2v) is 7.48. The molecule has 1 aliphatic rings. The van der Waals surface area contributed by atoms with Crippen LogP contribution >= 0.6 is 0 Å². The van der Waals surface area contributed by atoms with E-state index in [4.69, 9.17) is 16.0 Å². The molecule has 7 heteroatoms. The van der Waals surface area contributed by atoms with Crippen molar-refractivity contribution in [2.45, 2.75) is 19.4 Å². The predicted molar refractivity (Wildman–Crippen MR) is 123 cm³/mol. The van der Waals surface area contributed by atoms with Crippen LogP contribution in [0.15, 0.2) is 66.9 Å². The topological polar surface area (TPSA) is 59.3 Å². The van der Waals surface area contributed by atoms with Crippen molar-refractivity contribution >= 4 is 23.3 Å². The summed E-state index contributed by atoms with van der Waals surface area (Å²) in [6.45, 7) is 10.4. The number of pyridine rings is 1. The summed E-state index contributed by atoms with van der Waals surface area (Å²) in [5.74, 6) is 2.07. The second kappa shape index (κ2) is 9.40. The monoisotopic (exact) mass is 428 g/mol. The first kappa shape index (κ1) is 21.2. The fourth-order valence-corrected chi connectivity index (χ4v) is 3.74. The van der Waals surface area contributed by atoms with Gasteiger partial charge in [-0.3, -0.25) is 4.98 Å². The number of nitrogens with zero attached hydrogens (tertiary/aromatic N) is 4. The van der Waals surface area contributed by atoms with Gasteiger partial charge in [0.15, 0.2) is 0 Å². The van der Waals surface area contributed by atoms with Crippen LogP contribution in [-0.2, 0) is 11.2 Å². The molecule has 0 bridgehead atoms. The van der Waals surface area contributed by atoms with E-state index in [1.54, 1.807) is 23.2 Å². The van der Waals surface area contributed by atoms with Crippen LogP contribution in [0.4, 0.5) is 22.0 Å². The summed E-state index contributed by atoms with van der Waals surface area (Å²) in [5.41, 5.74) is 2.54. The van der Waals surface area contributed by atoms with Gasteiger partial charge in [0.05, 0.1) is 12.6 Å². The van der Waals surface area contributed by atoms with Gasteiger partial charge in [-0.25, -0.2) is 9.64 Å². The van der Waals surface area contributed by atoms with E-state index in [-0.39, 0.29) is 12.1 Å². The molecular formula is C25H24N4O3. The van der Waals surface area contributed by atoms with Gasteiger partial charge in [-0.1, -0.05) is 24.3 Å². The van der Waals surface area contributed by atoms with E-state index in [0.29, 0.717) is 30.4 Å². The number of benzene rings is 2. The first-order valence-electron chi connectivity index (χ1n) is 10.5. The van der Waals surface area contributed by atoms with E-state index in [2.05, 4.69) is 9.83 Å². The predicted octanol–water partition coefficient (Wildman–Crippen LogP) is 5.58. The van der Waals surface area contributed by atoms with Gasteiger partial charge < -0.3 is 19.3 Å². The van der Waals surface area contributed by atoms with Gasteiger partial charge in [0.1, 0.15) is 23.9 Å². The summed E-state index contributed by atoms with van der Waals surface area (Å²) in [6.07, 6.45) is 2.19. The van der Waals surface area contributed by atoms with Crippen LogP contribution in [0.5, 0.6) is 11.5 Å². The minimum atomic E-state index is -0.236. The van der Waals surface area contributed by atoms with Crippen molar-refractivity contribution in [3.8, 4) is 11.5 Å². The van der Waals surface area contributed by atoms with Crippen molar-refractivity contribution in [2.75, 3.05) is 25.1 Å². The summed E-state index contributed by atoms with van der Waals surface area (Å²) < 4.78 is 11.1. The Labute approximate surface area is 187 Å². The molecule has 0 unspecified atom stereocenters. The van der Waals surface area contributed by atoms with E-state index in [1.807, 2.05) is 67.4 Å². The Morgan fingerprint density at radius 1 is 1.16 bits per heavy atom. The molecule has 0 spiro atoms. The van der Waals surface area contributed by atoms with Gasteiger partial charge in [-0.15, -0.1) is 0 Å². The summed E-state index contributed by atoms with van der Waals surface area (Å²) in [6, 6.07) is 19.1. The number of amides is 1. The number of likely N-dealkylation sites (N-methyl/N-ethyl adjacent to an activating group) is 1. The molecule has 4 rings (SSSR count). The van der Waals surface area contributed by atoms with Gasteiger partial charge in [-0.05, 0) is 55.3 Å². The Morgan fingerprint density at radius 3 is 2.50 bits per heavy atom. The van der Waals surface area contributed by atoms with Crippen LogP contribution in [0.1, 0.15) is 12.5 Å². The number of rotatable bonds is 7. The van der Waals surface area contributed by atoms with E-state index in [1.165, 1.54) is 0 Å². The standard InChI is InChI=1S/C25H24N4O3/c1-4-29-20(17-31-25(29)30)16-18-7-11-21(12-8-18)32-22-13-9-19(10-14-22)28(3)24-23(26-2)6-5-15-27-24/h5-15,20H,4,16-17H2,1,3H3/t20-/m0/s1. The number of aromatic nitrogens is 1. The highest BCUT2D eigenvalue weighted by Crippen LogP contribution is 2.32. The number of anilines is 2. The molecule has 0 N–H and O–H groups in total. The van der Waals surface area contributed by atoms with Crippen LogP contribution < -0.4 is 9.64 Å². The Bertz CT molecular complexity index is 1120. The average Bonchev–Trinajstić information content (AvgIpc) is 3.19. The van der Waals surface area contributed by atoms with Crippen LogP contribution in [0.25, 0.3) is 4.85 Å². The largest absolute Gasteiger partial charge is 0.457 e. The lowest BCUT2D eigenvalue weighted by atomic mass is 10.1. The zero-order valence-electron chi connectivity index (χ0n) is 18.1. The van der Waals surface area contributed by atoms with E-state index in [0.717, 1.165) is 23.4 Å². The van der Waals surface area contributed by atoms with Gasteiger partial charge in [0.25, 0.3) is 0 Å². The highest BCUT2D eigenvalue weighted by molar-refractivity contribution is 5.73. The van der Waals surface area contributed by atoms with Crippen molar-refractivity contribution in [1.29, 1.82) is 0 Å². The van der Waals surface area contributed by atoms with Gasteiger partial charge in [0.2, 0.25) is 5.69 Å². The molecule has 3 aromatic rings. The van der Waals surface area contributed by atoms with E-state index < -0.39 is 0 Å². The van der Waals surface area contributed by atoms with Crippen LogP contribution in [0, 0.1) is 6.57 Å². The highest BCUT2D eigenvalue weighted by atomic mass is 16.6. The zero-order valence-corrected chi connectivity index (χ0v) is 18.1. The maximum atomic E-state index is 11.7. The molecule has 1 fully saturated rings. The molecule has 2 aromatic carbocycles. The minimum Gasteiger partial charge on any atom is -0.457 e. The van der Waals surface area contributed by atoms with Crippen molar-refractivity contribution in [3.63, 3.8) is 0 Å². The number of carbonyl (C=O) groups is 1. The zero-order chi connectivity index (χ0) is 22.5. The maximum Gasteiger partial charge on any atom is 0.410 e. The Morgan fingerprint density at radius 2 is 1.84 bits per heavy atom. The molecule has 1 aromatic heterocycles. The lowest BCUT2D eigenvalue weighted by Gasteiger charge is -2.20. The highest BCUT2D eigenvalue weighted by Gasteiger charge is 2.31. The smallest absolute Gasteiger partial charge is 0.410 e. The molecule has 1 aliphatic heterocycles. The average molecular weight is 428 g/mol. The molecule has 1 amide bonds. The van der Waals surface area contributed by atoms with E-state index >= 15 is 0 Å². The molecule has 1 saturated heterocycles. The summed E-state index contributed by atoms with van der Waals surface area (Å²) in [5, 5.41) is 0. The maximum absolute atomic E-state index is 11.7. The summed E-state index contributed by atoms with van der Waals surface area (Å²) in [7, 11) is 1.88. The number of ether oxygens (including phenoxy) is 2. The SMILES string of the molecule is [C-]#[N+]c1cccnc1N(C)c1ccc(Oc2ccc(C[C@H]3COC(=O)N3CC)cc2)cc1. The molecule has 7 nitrogen and oxygen atoms in total. The Kier molecular flexibility index (Phi) is 6.22. The fourth-order valence-electron chi connectivity index (χ4n) is 3.74.